The molecule has 0 bridgehead atoms. The third-order valence-electron chi connectivity index (χ3n) is 5.99. The second kappa shape index (κ2) is 6.77. The van der Waals surface area contributed by atoms with Gasteiger partial charge in [-0.2, -0.15) is 0 Å². The summed E-state index contributed by atoms with van der Waals surface area (Å²) in [6, 6.07) is 13.6. The maximum absolute atomic E-state index is 12.7. The Morgan fingerprint density at radius 2 is 1.90 bits per heavy atom. The van der Waals surface area contributed by atoms with Crippen LogP contribution < -0.4 is 0 Å². The molecule has 2 aliphatic rings. The van der Waals surface area contributed by atoms with E-state index in [4.69, 9.17) is 4.42 Å². The van der Waals surface area contributed by atoms with Gasteiger partial charge in [-0.25, -0.2) is 0 Å². The van der Waals surface area contributed by atoms with Crippen molar-refractivity contribution in [3.63, 3.8) is 0 Å². The second-order valence-corrected chi connectivity index (χ2v) is 8.30. The van der Waals surface area contributed by atoms with E-state index in [0.29, 0.717) is 17.3 Å². The monoisotopic (exact) mass is 389 g/mol. The summed E-state index contributed by atoms with van der Waals surface area (Å²) < 4.78 is 5.99. The Kier molecular flexibility index (Phi) is 4.20. The smallest absolute Gasteiger partial charge is 0.255 e. The van der Waals surface area contributed by atoms with Gasteiger partial charge in [0.25, 0.3) is 5.91 Å². The largest absolute Gasteiger partial charge is 0.419 e. The standard InChI is InChI=1S/C22H23N5O2/c1-15-8-9-17(11-23-15)21(28)27-13-22(14-27)10-18(26(2)12-22)20-25-24-19(29-20)16-6-4-3-5-7-16/h3-9,11,18H,10,12-14H2,1-2H3. The Morgan fingerprint density at radius 1 is 1.10 bits per heavy atom. The van der Waals surface area contributed by atoms with Crippen LogP contribution in [0.4, 0.5) is 0 Å². The van der Waals surface area contributed by atoms with Gasteiger partial charge in [0.2, 0.25) is 11.8 Å². The van der Waals surface area contributed by atoms with E-state index >= 15 is 0 Å². The van der Waals surface area contributed by atoms with E-state index in [-0.39, 0.29) is 17.4 Å². The molecule has 5 rings (SSSR count). The molecule has 4 heterocycles. The van der Waals surface area contributed by atoms with Crippen LogP contribution >= 0.6 is 0 Å². The first-order chi connectivity index (χ1) is 14.0. The summed E-state index contributed by atoms with van der Waals surface area (Å²) in [7, 11) is 2.08. The average Bonchev–Trinajstić information content (AvgIpc) is 3.32. The van der Waals surface area contributed by atoms with Gasteiger partial charge in [0, 0.05) is 42.5 Å². The number of aromatic nitrogens is 3. The van der Waals surface area contributed by atoms with Crippen molar-refractivity contribution in [2.45, 2.75) is 19.4 Å². The fourth-order valence-corrected chi connectivity index (χ4v) is 4.53. The fraction of sp³-hybridized carbons (Fsp3) is 0.364. The molecule has 1 atom stereocenters. The van der Waals surface area contributed by atoms with Gasteiger partial charge in [-0.1, -0.05) is 18.2 Å². The van der Waals surface area contributed by atoms with Crippen molar-refractivity contribution in [1.29, 1.82) is 0 Å². The van der Waals surface area contributed by atoms with Gasteiger partial charge in [-0.15, -0.1) is 10.2 Å². The van der Waals surface area contributed by atoms with Crippen molar-refractivity contribution in [3.05, 3.63) is 65.8 Å². The molecule has 2 aromatic heterocycles. The highest BCUT2D eigenvalue weighted by molar-refractivity contribution is 5.94. The molecule has 0 radical (unpaired) electrons. The number of benzene rings is 1. The number of nitrogens with zero attached hydrogens (tertiary/aromatic N) is 5. The molecule has 0 saturated carbocycles. The summed E-state index contributed by atoms with van der Waals surface area (Å²) in [5.41, 5.74) is 2.58. The number of hydrogen-bond acceptors (Lipinski definition) is 6. The minimum atomic E-state index is 0.0541. The van der Waals surface area contributed by atoms with Gasteiger partial charge >= 0.3 is 0 Å². The lowest BCUT2D eigenvalue weighted by Crippen LogP contribution is -2.59. The van der Waals surface area contributed by atoms with Crippen molar-refractivity contribution < 1.29 is 9.21 Å². The Bertz CT molecular complexity index is 1020. The lowest BCUT2D eigenvalue weighted by molar-refractivity contribution is 0.0114. The van der Waals surface area contributed by atoms with E-state index in [9.17, 15) is 4.79 Å². The molecule has 0 aliphatic carbocycles. The van der Waals surface area contributed by atoms with Gasteiger partial charge < -0.3 is 9.32 Å². The van der Waals surface area contributed by atoms with E-state index in [1.165, 1.54) is 0 Å². The van der Waals surface area contributed by atoms with Crippen LogP contribution in [0.1, 0.15) is 34.4 Å². The van der Waals surface area contributed by atoms with Crippen LogP contribution in [-0.4, -0.2) is 57.6 Å². The maximum Gasteiger partial charge on any atom is 0.255 e. The SMILES string of the molecule is Cc1ccc(C(=O)N2CC3(CC(c4nnc(-c5ccccc5)o4)N(C)C3)C2)cn1. The minimum absolute atomic E-state index is 0.0541. The summed E-state index contributed by atoms with van der Waals surface area (Å²) in [6.45, 7) is 4.33. The number of hydrogen-bond donors (Lipinski definition) is 0. The molecule has 2 saturated heterocycles. The minimum Gasteiger partial charge on any atom is -0.419 e. The van der Waals surface area contributed by atoms with E-state index in [0.717, 1.165) is 37.3 Å². The Balaban J connectivity index is 1.27. The van der Waals surface area contributed by atoms with Crippen molar-refractivity contribution in [2.75, 3.05) is 26.7 Å². The van der Waals surface area contributed by atoms with Crippen LogP contribution in [0.5, 0.6) is 0 Å². The van der Waals surface area contributed by atoms with Gasteiger partial charge in [-0.3, -0.25) is 14.7 Å². The summed E-state index contributed by atoms with van der Waals surface area (Å²) in [4.78, 5) is 21.1. The molecule has 2 fully saturated rings. The molecular formula is C22H23N5O2. The lowest BCUT2D eigenvalue weighted by Gasteiger charge is -2.48. The predicted octanol–water partition coefficient (Wildman–Crippen LogP) is 2.96. The molecule has 7 nitrogen and oxygen atoms in total. The maximum atomic E-state index is 12.7. The van der Waals surface area contributed by atoms with Crippen LogP contribution in [0.2, 0.25) is 0 Å². The number of aryl methyl sites for hydroxylation is 1. The number of amides is 1. The first-order valence-electron chi connectivity index (χ1n) is 9.84. The highest BCUT2D eigenvalue weighted by atomic mass is 16.4. The summed E-state index contributed by atoms with van der Waals surface area (Å²) >= 11 is 0. The van der Waals surface area contributed by atoms with Crippen molar-refractivity contribution in [1.82, 2.24) is 25.0 Å². The van der Waals surface area contributed by atoms with Crippen LogP contribution in [0.3, 0.4) is 0 Å². The highest BCUT2D eigenvalue weighted by Crippen LogP contribution is 2.47. The zero-order valence-electron chi connectivity index (χ0n) is 16.6. The molecule has 3 aromatic rings. The first kappa shape index (κ1) is 18.0. The van der Waals surface area contributed by atoms with Crippen LogP contribution in [-0.2, 0) is 0 Å². The molecule has 29 heavy (non-hydrogen) atoms. The molecule has 7 heteroatoms. The second-order valence-electron chi connectivity index (χ2n) is 8.30. The number of pyridine rings is 1. The van der Waals surface area contributed by atoms with Crippen LogP contribution in [0.25, 0.3) is 11.5 Å². The summed E-state index contributed by atoms with van der Waals surface area (Å²) in [6.07, 6.45) is 2.58. The highest BCUT2D eigenvalue weighted by Gasteiger charge is 2.53. The van der Waals surface area contributed by atoms with Crippen LogP contribution in [0.15, 0.2) is 53.1 Å². The van der Waals surface area contributed by atoms with Gasteiger partial charge in [-0.05, 0) is 44.7 Å². The molecule has 1 amide bonds. The number of carbonyl (C=O) groups is 1. The zero-order valence-corrected chi connectivity index (χ0v) is 16.6. The third-order valence-corrected chi connectivity index (χ3v) is 5.99. The lowest BCUT2D eigenvalue weighted by atomic mass is 9.77. The van der Waals surface area contributed by atoms with E-state index in [1.54, 1.807) is 6.20 Å². The molecule has 0 N–H and O–H groups in total. The number of likely N-dealkylation sites (tertiary alicyclic amines) is 2. The van der Waals surface area contributed by atoms with Crippen molar-refractivity contribution >= 4 is 5.91 Å². The molecule has 1 unspecified atom stereocenters. The first-order valence-corrected chi connectivity index (χ1v) is 9.84. The fourth-order valence-electron chi connectivity index (χ4n) is 4.53. The molecular weight excluding hydrogens is 366 g/mol. The molecule has 1 aromatic carbocycles. The Labute approximate surface area is 169 Å². The van der Waals surface area contributed by atoms with E-state index in [2.05, 4.69) is 27.1 Å². The number of rotatable bonds is 3. The van der Waals surface area contributed by atoms with Gasteiger partial charge in [0.1, 0.15) is 0 Å². The average molecular weight is 389 g/mol. The zero-order chi connectivity index (χ0) is 20.0. The quantitative estimate of drug-likeness (QED) is 0.686. The summed E-state index contributed by atoms with van der Waals surface area (Å²) in [5, 5.41) is 8.54. The number of carbonyl (C=O) groups excluding carboxylic acids is 1. The topological polar surface area (TPSA) is 75.4 Å². The molecule has 1 spiro atoms. The molecule has 2 aliphatic heterocycles. The predicted molar refractivity (Wildman–Crippen MR) is 107 cm³/mol. The van der Waals surface area contributed by atoms with Gasteiger partial charge in [0.05, 0.1) is 11.6 Å². The van der Waals surface area contributed by atoms with Crippen LogP contribution in [0, 0.1) is 12.3 Å². The van der Waals surface area contributed by atoms with Crippen molar-refractivity contribution in [2.24, 2.45) is 5.41 Å². The van der Waals surface area contributed by atoms with Crippen molar-refractivity contribution in [3.8, 4) is 11.5 Å². The third kappa shape index (κ3) is 3.21. The summed E-state index contributed by atoms with van der Waals surface area (Å²) in [5.74, 6) is 1.25. The Morgan fingerprint density at radius 3 is 2.62 bits per heavy atom. The van der Waals surface area contributed by atoms with E-state index < -0.39 is 0 Å². The van der Waals surface area contributed by atoms with Gasteiger partial charge in [0.15, 0.2) is 0 Å². The Hall–Kier alpha value is -3.06. The van der Waals surface area contributed by atoms with E-state index in [1.807, 2.05) is 54.3 Å². The molecule has 148 valence electrons. The normalized spacial score (nSPS) is 20.8.